The van der Waals surface area contributed by atoms with E-state index in [1.807, 2.05) is 13.8 Å². The number of methoxy groups -OCH3 is 1. The summed E-state index contributed by atoms with van der Waals surface area (Å²) in [5.74, 6) is -0.0791. The lowest BCUT2D eigenvalue weighted by atomic mass is 10.1. The predicted molar refractivity (Wildman–Crippen MR) is 45.3 cm³/mol. The Morgan fingerprint density at radius 3 is 2.50 bits per heavy atom. The summed E-state index contributed by atoms with van der Waals surface area (Å²) < 4.78 is 4.41. The van der Waals surface area contributed by atoms with Crippen LogP contribution in [0.15, 0.2) is 5.16 Å². The maximum Gasteiger partial charge on any atom is 0.355 e. The first-order valence-electron chi connectivity index (χ1n) is 3.91. The fourth-order valence-electron chi connectivity index (χ4n) is 0.736. The summed E-state index contributed by atoms with van der Waals surface area (Å²) in [6, 6.07) is 0. The van der Waals surface area contributed by atoms with Gasteiger partial charge in [-0.15, -0.1) is 0 Å². The van der Waals surface area contributed by atoms with Crippen LogP contribution in [0.1, 0.15) is 26.7 Å². The van der Waals surface area contributed by atoms with Crippen molar-refractivity contribution < 1.29 is 14.7 Å². The zero-order valence-corrected chi connectivity index (χ0v) is 7.70. The Hall–Kier alpha value is -1.06. The first-order valence-corrected chi connectivity index (χ1v) is 3.91. The summed E-state index contributed by atoms with van der Waals surface area (Å²) in [7, 11) is 1.27. The molecule has 0 aliphatic rings. The number of oxime groups is 1. The quantitative estimate of drug-likeness (QED) is 0.303. The van der Waals surface area contributed by atoms with E-state index in [4.69, 9.17) is 5.21 Å². The Kier molecular flexibility index (Phi) is 5.08. The van der Waals surface area contributed by atoms with Crippen molar-refractivity contribution in [3.05, 3.63) is 0 Å². The van der Waals surface area contributed by atoms with Gasteiger partial charge in [0.25, 0.3) is 0 Å². The fraction of sp³-hybridized carbons (Fsp3) is 0.750. The minimum absolute atomic E-state index is 0.0891. The van der Waals surface area contributed by atoms with E-state index in [9.17, 15) is 4.79 Å². The molecule has 0 aromatic carbocycles. The highest BCUT2D eigenvalue weighted by molar-refractivity contribution is 6.36. The van der Waals surface area contributed by atoms with E-state index in [0.717, 1.165) is 6.42 Å². The van der Waals surface area contributed by atoms with Gasteiger partial charge < -0.3 is 9.94 Å². The van der Waals surface area contributed by atoms with Crippen molar-refractivity contribution in [2.45, 2.75) is 26.7 Å². The zero-order valence-electron chi connectivity index (χ0n) is 7.70. The summed E-state index contributed by atoms with van der Waals surface area (Å²) in [4.78, 5) is 10.8. The van der Waals surface area contributed by atoms with Crippen LogP contribution in [0.25, 0.3) is 0 Å². The van der Waals surface area contributed by atoms with Crippen LogP contribution in [0.4, 0.5) is 0 Å². The normalized spacial score (nSPS) is 11.8. The fourth-order valence-corrected chi connectivity index (χ4v) is 0.736. The second kappa shape index (κ2) is 5.57. The predicted octanol–water partition coefficient (Wildman–Crippen LogP) is 1.43. The molecule has 0 atom stereocenters. The molecule has 0 bridgehead atoms. The van der Waals surface area contributed by atoms with Gasteiger partial charge in [-0.05, 0) is 12.3 Å². The van der Waals surface area contributed by atoms with Crippen LogP contribution in [0, 0.1) is 5.92 Å². The van der Waals surface area contributed by atoms with Gasteiger partial charge in [0.1, 0.15) is 0 Å². The molecule has 0 radical (unpaired) electrons. The molecule has 0 aromatic rings. The number of nitrogens with zero attached hydrogens (tertiary/aromatic N) is 1. The molecule has 1 N–H and O–H groups in total. The van der Waals surface area contributed by atoms with Crippen molar-refractivity contribution in [2.75, 3.05) is 7.11 Å². The molecule has 0 fully saturated rings. The monoisotopic (exact) mass is 173 g/mol. The number of carbonyl (C=O) groups excluding carboxylic acids is 1. The molecule has 4 heteroatoms. The Morgan fingerprint density at radius 1 is 1.58 bits per heavy atom. The topological polar surface area (TPSA) is 58.9 Å². The summed E-state index contributed by atoms with van der Waals surface area (Å²) in [5, 5.41) is 11.3. The Balaban J connectivity index is 3.94. The molecule has 12 heavy (non-hydrogen) atoms. The van der Waals surface area contributed by atoms with Gasteiger partial charge in [0.2, 0.25) is 0 Å². The van der Waals surface area contributed by atoms with E-state index in [1.165, 1.54) is 7.11 Å². The second-order valence-corrected chi connectivity index (χ2v) is 2.97. The molecule has 0 saturated carbocycles. The van der Waals surface area contributed by atoms with Gasteiger partial charge in [0.05, 0.1) is 7.11 Å². The van der Waals surface area contributed by atoms with Gasteiger partial charge in [-0.25, -0.2) is 4.79 Å². The Bertz CT molecular complexity index is 175. The molecule has 4 nitrogen and oxygen atoms in total. The SMILES string of the molecule is COC(=O)C(CCC(C)C)=NO. The average Bonchev–Trinajstić information content (AvgIpc) is 2.04. The van der Waals surface area contributed by atoms with Crippen molar-refractivity contribution in [1.82, 2.24) is 0 Å². The van der Waals surface area contributed by atoms with Crippen molar-refractivity contribution in [2.24, 2.45) is 11.1 Å². The lowest BCUT2D eigenvalue weighted by Crippen LogP contribution is -2.16. The van der Waals surface area contributed by atoms with Gasteiger partial charge in [-0.3, -0.25) is 0 Å². The van der Waals surface area contributed by atoms with E-state index in [2.05, 4.69) is 9.89 Å². The summed E-state index contributed by atoms with van der Waals surface area (Å²) in [5.41, 5.74) is 0.0891. The van der Waals surface area contributed by atoms with Gasteiger partial charge in [0, 0.05) is 6.42 Å². The summed E-state index contributed by atoms with van der Waals surface area (Å²) >= 11 is 0. The molecule has 0 heterocycles. The van der Waals surface area contributed by atoms with E-state index in [0.29, 0.717) is 12.3 Å². The van der Waals surface area contributed by atoms with E-state index < -0.39 is 5.97 Å². The number of rotatable bonds is 4. The standard InChI is InChI=1S/C8H15NO3/c1-6(2)4-5-7(9-11)8(10)12-3/h6,11H,4-5H2,1-3H3. The van der Waals surface area contributed by atoms with Crippen LogP contribution in [-0.4, -0.2) is 24.0 Å². The van der Waals surface area contributed by atoms with E-state index in [1.54, 1.807) is 0 Å². The Morgan fingerprint density at radius 2 is 2.17 bits per heavy atom. The number of hydrogen-bond acceptors (Lipinski definition) is 4. The van der Waals surface area contributed by atoms with Crippen LogP contribution >= 0.6 is 0 Å². The molecule has 0 aliphatic carbocycles. The highest BCUT2D eigenvalue weighted by atomic mass is 16.5. The molecule has 0 aromatic heterocycles. The van der Waals surface area contributed by atoms with Gasteiger partial charge in [-0.2, -0.15) is 0 Å². The van der Waals surface area contributed by atoms with Crippen LogP contribution < -0.4 is 0 Å². The third kappa shape index (κ3) is 3.95. The molecule has 0 rings (SSSR count). The van der Waals surface area contributed by atoms with E-state index in [-0.39, 0.29) is 5.71 Å². The van der Waals surface area contributed by atoms with Gasteiger partial charge in [-0.1, -0.05) is 19.0 Å². The lowest BCUT2D eigenvalue weighted by molar-refractivity contribution is -0.133. The van der Waals surface area contributed by atoms with Crippen LogP contribution in [0.5, 0.6) is 0 Å². The third-order valence-electron chi connectivity index (χ3n) is 1.50. The minimum atomic E-state index is -0.557. The first-order chi connectivity index (χ1) is 5.61. The Labute approximate surface area is 72.2 Å². The molecule has 0 amide bonds. The molecule has 0 saturated heterocycles. The summed E-state index contributed by atoms with van der Waals surface area (Å²) in [6.45, 7) is 4.07. The smallest absolute Gasteiger partial charge is 0.355 e. The molecule has 0 unspecified atom stereocenters. The number of ether oxygens (including phenoxy) is 1. The maximum atomic E-state index is 10.8. The average molecular weight is 173 g/mol. The van der Waals surface area contributed by atoms with Crippen LogP contribution in [0.3, 0.4) is 0 Å². The molecular weight excluding hydrogens is 158 g/mol. The third-order valence-corrected chi connectivity index (χ3v) is 1.50. The maximum absolute atomic E-state index is 10.8. The van der Waals surface area contributed by atoms with E-state index >= 15 is 0 Å². The highest BCUT2D eigenvalue weighted by Crippen LogP contribution is 2.05. The van der Waals surface area contributed by atoms with Crippen LogP contribution in [-0.2, 0) is 9.53 Å². The largest absolute Gasteiger partial charge is 0.464 e. The zero-order chi connectivity index (χ0) is 9.56. The number of hydrogen-bond donors (Lipinski definition) is 1. The van der Waals surface area contributed by atoms with Gasteiger partial charge in [0.15, 0.2) is 5.71 Å². The van der Waals surface area contributed by atoms with Crippen LogP contribution in [0.2, 0.25) is 0 Å². The molecular formula is C8H15NO3. The van der Waals surface area contributed by atoms with Crippen molar-refractivity contribution in [3.63, 3.8) is 0 Å². The van der Waals surface area contributed by atoms with Gasteiger partial charge >= 0.3 is 5.97 Å². The first kappa shape index (κ1) is 10.9. The van der Waals surface area contributed by atoms with Crippen molar-refractivity contribution in [3.8, 4) is 0 Å². The molecule has 0 spiro atoms. The second-order valence-electron chi connectivity index (χ2n) is 2.97. The molecule has 70 valence electrons. The minimum Gasteiger partial charge on any atom is -0.464 e. The summed E-state index contributed by atoms with van der Waals surface area (Å²) in [6.07, 6.45) is 1.27. The van der Waals surface area contributed by atoms with Crippen molar-refractivity contribution >= 4 is 11.7 Å². The van der Waals surface area contributed by atoms with Crippen molar-refractivity contribution in [1.29, 1.82) is 0 Å². The lowest BCUT2D eigenvalue weighted by Gasteiger charge is -2.04. The number of carbonyl (C=O) groups is 1. The molecule has 0 aliphatic heterocycles. The highest BCUT2D eigenvalue weighted by Gasteiger charge is 2.12. The number of esters is 1.